The number of hydrogen-bond donors (Lipinski definition) is 1. The zero-order valence-electron chi connectivity index (χ0n) is 15.0. The van der Waals surface area contributed by atoms with Gasteiger partial charge in [0.05, 0.1) is 29.7 Å². The number of morpholine rings is 1. The first kappa shape index (κ1) is 16.9. The van der Waals surface area contributed by atoms with Crippen LogP contribution in [0.2, 0.25) is 0 Å². The molecule has 1 atom stereocenters. The van der Waals surface area contributed by atoms with Crippen LogP contribution in [0.3, 0.4) is 0 Å². The summed E-state index contributed by atoms with van der Waals surface area (Å²) >= 11 is 0. The van der Waals surface area contributed by atoms with Crippen LogP contribution in [-0.4, -0.2) is 54.5 Å². The highest BCUT2D eigenvalue weighted by molar-refractivity contribution is 5.71. The van der Waals surface area contributed by atoms with E-state index in [4.69, 9.17) is 14.2 Å². The van der Waals surface area contributed by atoms with Crippen molar-refractivity contribution in [3.63, 3.8) is 0 Å². The molecule has 1 aliphatic rings. The number of aryl methyl sites for hydroxylation is 3. The first-order valence-electron chi connectivity index (χ1n) is 8.31. The van der Waals surface area contributed by atoms with E-state index in [1.54, 1.807) is 0 Å². The predicted molar refractivity (Wildman–Crippen MR) is 92.4 cm³/mol. The van der Waals surface area contributed by atoms with Crippen molar-refractivity contribution in [3.8, 4) is 11.3 Å². The largest absolute Gasteiger partial charge is 0.373 e. The zero-order chi connectivity index (χ0) is 17.3. The summed E-state index contributed by atoms with van der Waals surface area (Å²) in [6.45, 7) is 11.0. The maximum Gasteiger partial charge on any atom is 0.143 e. The summed E-state index contributed by atoms with van der Waals surface area (Å²) in [4.78, 5) is 11.7. The third-order valence-corrected chi connectivity index (χ3v) is 4.37. The second-order valence-electron chi connectivity index (χ2n) is 6.26. The van der Waals surface area contributed by atoms with Gasteiger partial charge in [0.2, 0.25) is 0 Å². The molecule has 3 heterocycles. The van der Waals surface area contributed by atoms with Crippen LogP contribution in [0, 0.1) is 27.7 Å². The van der Waals surface area contributed by atoms with Crippen molar-refractivity contribution in [2.24, 2.45) is 0 Å². The quantitative estimate of drug-likeness (QED) is 0.915. The van der Waals surface area contributed by atoms with Gasteiger partial charge >= 0.3 is 0 Å². The first-order valence-corrected chi connectivity index (χ1v) is 8.31. The lowest BCUT2D eigenvalue weighted by Gasteiger charge is -2.34. The van der Waals surface area contributed by atoms with Crippen molar-refractivity contribution >= 4 is 5.82 Å². The smallest absolute Gasteiger partial charge is 0.143 e. The van der Waals surface area contributed by atoms with Crippen molar-refractivity contribution in [2.75, 3.05) is 38.2 Å². The summed E-state index contributed by atoms with van der Waals surface area (Å²) in [5.74, 6) is 2.51. The van der Waals surface area contributed by atoms with E-state index in [-0.39, 0.29) is 6.10 Å². The van der Waals surface area contributed by atoms with Crippen molar-refractivity contribution in [3.05, 3.63) is 22.8 Å². The molecular weight excluding hydrogens is 306 g/mol. The minimum Gasteiger partial charge on any atom is -0.373 e. The van der Waals surface area contributed by atoms with Gasteiger partial charge in [0.25, 0.3) is 0 Å². The van der Waals surface area contributed by atoms with Gasteiger partial charge in [-0.1, -0.05) is 5.16 Å². The molecule has 2 aromatic rings. The van der Waals surface area contributed by atoms with Gasteiger partial charge in [-0.25, -0.2) is 9.97 Å². The average molecular weight is 331 g/mol. The molecule has 1 fully saturated rings. The molecule has 7 heteroatoms. The van der Waals surface area contributed by atoms with Gasteiger partial charge in [0, 0.05) is 25.2 Å². The number of nitrogens with zero attached hydrogens (tertiary/aromatic N) is 4. The Labute approximate surface area is 142 Å². The molecule has 0 radical (unpaired) electrons. The molecule has 0 aliphatic carbocycles. The highest BCUT2D eigenvalue weighted by Gasteiger charge is 2.25. The fourth-order valence-electron chi connectivity index (χ4n) is 3.25. The lowest BCUT2D eigenvalue weighted by Crippen LogP contribution is -2.46. The van der Waals surface area contributed by atoms with E-state index in [1.807, 2.05) is 27.8 Å². The second-order valence-corrected chi connectivity index (χ2v) is 6.26. The fourth-order valence-corrected chi connectivity index (χ4v) is 3.25. The number of nitrogens with one attached hydrogen (secondary N) is 1. The molecule has 0 saturated carbocycles. The predicted octanol–water partition coefficient (Wildman–Crippen LogP) is 1.79. The van der Waals surface area contributed by atoms with Gasteiger partial charge in [-0.2, -0.15) is 0 Å². The summed E-state index contributed by atoms with van der Waals surface area (Å²) in [6.07, 6.45) is 0.168. The van der Waals surface area contributed by atoms with Crippen LogP contribution in [0.15, 0.2) is 4.52 Å². The fraction of sp³-hybridized carbons (Fsp3) is 0.588. The van der Waals surface area contributed by atoms with E-state index in [1.165, 1.54) is 0 Å². The van der Waals surface area contributed by atoms with Gasteiger partial charge in [-0.05, 0) is 34.7 Å². The van der Waals surface area contributed by atoms with Crippen molar-refractivity contribution in [1.82, 2.24) is 20.4 Å². The topological polar surface area (TPSA) is 76.3 Å². The minimum atomic E-state index is 0.168. The van der Waals surface area contributed by atoms with E-state index in [0.29, 0.717) is 6.61 Å². The van der Waals surface area contributed by atoms with Gasteiger partial charge in [0.1, 0.15) is 17.4 Å². The summed E-state index contributed by atoms with van der Waals surface area (Å²) in [5, 5.41) is 7.24. The molecule has 0 amide bonds. The molecule has 3 rings (SSSR count). The van der Waals surface area contributed by atoms with Crippen LogP contribution in [0.1, 0.15) is 22.8 Å². The summed E-state index contributed by atoms with van der Waals surface area (Å²) in [5.41, 5.74) is 3.79. The lowest BCUT2D eigenvalue weighted by atomic mass is 10.0. The van der Waals surface area contributed by atoms with E-state index in [9.17, 15) is 0 Å². The SMILES string of the molecule is CNCC1CN(c2nc(C)nc(-c3c(C)noc3C)c2C)CCO1. The standard InChI is InChI=1S/C17H25N5O2/c1-10-16(15-11(2)21-24-12(15)3)19-13(4)20-17(10)22-6-7-23-14(9-22)8-18-5/h14,18H,6-9H2,1-5H3. The molecule has 0 bridgehead atoms. The minimum absolute atomic E-state index is 0.168. The van der Waals surface area contributed by atoms with Crippen LogP contribution in [0.4, 0.5) is 5.82 Å². The van der Waals surface area contributed by atoms with Gasteiger partial charge < -0.3 is 19.5 Å². The van der Waals surface area contributed by atoms with Crippen molar-refractivity contribution < 1.29 is 9.26 Å². The monoisotopic (exact) mass is 331 g/mol. The Hall–Kier alpha value is -1.99. The first-order chi connectivity index (χ1) is 11.5. The number of rotatable bonds is 4. The van der Waals surface area contributed by atoms with Crippen LogP contribution in [-0.2, 0) is 4.74 Å². The third kappa shape index (κ3) is 3.14. The highest BCUT2D eigenvalue weighted by atomic mass is 16.5. The molecule has 0 aromatic carbocycles. The molecule has 1 saturated heterocycles. The van der Waals surface area contributed by atoms with E-state index in [0.717, 1.165) is 59.6 Å². The Morgan fingerprint density at radius 2 is 2.00 bits per heavy atom. The Kier molecular flexibility index (Phi) is 4.82. The molecule has 1 N–H and O–H groups in total. The van der Waals surface area contributed by atoms with E-state index >= 15 is 0 Å². The zero-order valence-corrected chi connectivity index (χ0v) is 15.0. The molecule has 1 aliphatic heterocycles. The van der Waals surface area contributed by atoms with Crippen LogP contribution in [0.25, 0.3) is 11.3 Å². The lowest BCUT2D eigenvalue weighted by molar-refractivity contribution is 0.0418. The second kappa shape index (κ2) is 6.86. The van der Waals surface area contributed by atoms with Gasteiger partial charge in [0.15, 0.2) is 0 Å². The maximum absolute atomic E-state index is 5.81. The maximum atomic E-state index is 5.81. The molecule has 130 valence electrons. The molecular formula is C17H25N5O2. The third-order valence-electron chi connectivity index (χ3n) is 4.37. The average Bonchev–Trinajstić information content (AvgIpc) is 2.89. The Morgan fingerprint density at radius 1 is 1.21 bits per heavy atom. The van der Waals surface area contributed by atoms with Crippen LogP contribution in [0.5, 0.6) is 0 Å². The van der Waals surface area contributed by atoms with Crippen molar-refractivity contribution in [1.29, 1.82) is 0 Å². The van der Waals surface area contributed by atoms with Gasteiger partial charge in [-0.3, -0.25) is 0 Å². The highest BCUT2D eigenvalue weighted by Crippen LogP contribution is 2.32. The number of aromatic nitrogens is 3. The Bertz CT molecular complexity index is 707. The molecule has 7 nitrogen and oxygen atoms in total. The van der Waals surface area contributed by atoms with E-state index in [2.05, 4.69) is 27.3 Å². The van der Waals surface area contributed by atoms with Crippen LogP contribution >= 0.6 is 0 Å². The van der Waals surface area contributed by atoms with Gasteiger partial charge in [-0.15, -0.1) is 0 Å². The molecule has 0 spiro atoms. The number of anilines is 1. The summed E-state index contributed by atoms with van der Waals surface area (Å²) in [7, 11) is 1.94. The summed E-state index contributed by atoms with van der Waals surface area (Å²) < 4.78 is 11.1. The van der Waals surface area contributed by atoms with Crippen molar-refractivity contribution in [2.45, 2.75) is 33.8 Å². The normalized spacial score (nSPS) is 18.2. The number of ether oxygens (including phenoxy) is 1. The molecule has 24 heavy (non-hydrogen) atoms. The Morgan fingerprint density at radius 3 is 2.67 bits per heavy atom. The number of likely N-dealkylation sites (N-methyl/N-ethyl adjacent to an activating group) is 1. The van der Waals surface area contributed by atoms with E-state index < -0.39 is 0 Å². The molecule has 1 unspecified atom stereocenters. The molecule has 2 aromatic heterocycles. The van der Waals surface area contributed by atoms with Crippen LogP contribution < -0.4 is 10.2 Å². The Balaban J connectivity index is 2.01. The summed E-state index contributed by atoms with van der Waals surface area (Å²) in [6, 6.07) is 0. The number of hydrogen-bond acceptors (Lipinski definition) is 7.